The Labute approximate surface area is 135 Å². The lowest BCUT2D eigenvalue weighted by Gasteiger charge is -2.34. The van der Waals surface area contributed by atoms with Crippen LogP contribution in [0.15, 0.2) is 33.4 Å². The van der Waals surface area contributed by atoms with Gasteiger partial charge in [-0.2, -0.15) is 0 Å². The molecule has 2 atom stereocenters. The Kier molecular flexibility index (Phi) is 3.69. The highest BCUT2D eigenvalue weighted by molar-refractivity contribution is 5.83. The summed E-state index contributed by atoms with van der Waals surface area (Å²) < 4.78 is 10.7. The molecule has 6 nitrogen and oxygen atoms in total. The lowest BCUT2D eigenvalue weighted by atomic mass is 10.2. The maximum absolute atomic E-state index is 12.6. The van der Waals surface area contributed by atoms with Crippen molar-refractivity contribution in [3.05, 3.63) is 41.7 Å². The molecule has 0 radical (unpaired) electrons. The van der Waals surface area contributed by atoms with Crippen molar-refractivity contribution in [3.8, 4) is 0 Å². The number of rotatable bonds is 4. The highest BCUT2D eigenvalue weighted by Gasteiger charge is 2.47. The summed E-state index contributed by atoms with van der Waals surface area (Å²) in [6, 6.07) is 5.82. The van der Waals surface area contributed by atoms with Gasteiger partial charge < -0.3 is 13.8 Å². The van der Waals surface area contributed by atoms with Gasteiger partial charge in [0, 0.05) is 44.1 Å². The number of hydrogen-bond acceptors (Lipinski definition) is 5. The molecule has 6 heteroatoms. The molecule has 2 fully saturated rings. The van der Waals surface area contributed by atoms with Crippen LogP contribution in [0.4, 0.5) is 0 Å². The molecule has 3 heterocycles. The van der Waals surface area contributed by atoms with Crippen LogP contribution in [0.3, 0.4) is 0 Å². The number of carbonyl (C=O) groups excluding carboxylic acids is 1. The lowest BCUT2D eigenvalue weighted by Crippen LogP contribution is -2.48. The van der Waals surface area contributed by atoms with E-state index >= 15 is 0 Å². The molecule has 2 unspecified atom stereocenters. The van der Waals surface area contributed by atoms with Crippen molar-refractivity contribution >= 4 is 5.91 Å². The van der Waals surface area contributed by atoms with Gasteiger partial charge in [-0.05, 0) is 25.5 Å². The Morgan fingerprint density at radius 1 is 1.35 bits per heavy atom. The van der Waals surface area contributed by atoms with E-state index in [9.17, 15) is 4.79 Å². The molecule has 1 aliphatic heterocycles. The minimum absolute atomic E-state index is 0.115. The second-order valence-electron chi connectivity index (χ2n) is 6.50. The Morgan fingerprint density at radius 3 is 2.83 bits per heavy atom. The van der Waals surface area contributed by atoms with E-state index in [1.807, 2.05) is 30.0 Å². The van der Waals surface area contributed by atoms with Crippen molar-refractivity contribution in [1.29, 1.82) is 0 Å². The van der Waals surface area contributed by atoms with Crippen LogP contribution in [0.25, 0.3) is 0 Å². The van der Waals surface area contributed by atoms with Gasteiger partial charge in [-0.15, -0.1) is 0 Å². The average Bonchev–Trinajstić information content (AvgIpc) is 2.96. The van der Waals surface area contributed by atoms with Crippen LogP contribution in [0.5, 0.6) is 0 Å². The summed E-state index contributed by atoms with van der Waals surface area (Å²) in [6.07, 6.45) is 2.60. The zero-order valence-corrected chi connectivity index (χ0v) is 13.3. The molecule has 0 N–H and O–H groups in total. The van der Waals surface area contributed by atoms with Crippen LogP contribution in [-0.4, -0.2) is 47.0 Å². The number of aromatic nitrogens is 1. The molecule has 1 saturated heterocycles. The molecule has 0 aromatic carbocycles. The number of carbonyl (C=O) groups is 1. The van der Waals surface area contributed by atoms with Gasteiger partial charge in [-0.1, -0.05) is 5.16 Å². The molecular weight excluding hydrogens is 294 g/mol. The van der Waals surface area contributed by atoms with Gasteiger partial charge in [0.05, 0.1) is 18.5 Å². The summed E-state index contributed by atoms with van der Waals surface area (Å²) in [4.78, 5) is 16.9. The first-order valence-electron chi connectivity index (χ1n) is 8.17. The number of furan rings is 1. The predicted molar refractivity (Wildman–Crippen MR) is 82.7 cm³/mol. The van der Waals surface area contributed by atoms with Crippen LogP contribution in [-0.2, 0) is 11.3 Å². The molecule has 2 aromatic rings. The van der Waals surface area contributed by atoms with Crippen molar-refractivity contribution in [2.24, 2.45) is 5.92 Å². The fraction of sp³-hybridized carbons (Fsp3) is 0.529. The fourth-order valence-electron chi connectivity index (χ4n) is 3.36. The van der Waals surface area contributed by atoms with Crippen molar-refractivity contribution in [1.82, 2.24) is 15.0 Å². The summed E-state index contributed by atoms with van der Waals surface area (Å²) in [5.41, 5.74) is 0.909. The van der Waals surface area contributed by atoms with E-state index in [2.05, 4.69) is 10.1 Å². The summed E-state index contributed by atoms with van der Waals surface area (Å²) in [5, 5.41) is 3.91. The summed E-state index contributed by atoms with van der Waals surface area (Å²) in [5.74, 6) is 2.52. The first kappa shape index (κ1) is 14.5. The third-order valence-electron chi connectivity index (χ3n) is 4.76. The Morgan fingerprint density at radius 2 is 2.17 bits per heavy atom. The van der Waals surface area contributed by atoms with Gasteiger partial charge in [0.25, 0.3) is 0 Å². The van der Waals surface area contributed by atoms with Gasteiger partial charge in [-0.25, -0.2) is 0 Å². The summed E-state index contributed by atoms with van der Waals surface area (Å²) >= 11 is 0. The van der Waals surface area contributed by atoms with Crippen molar-refractivity contribution < 1.29 is 13.7 Å². The van der Waals surface area contributed by atoms with E-state index in [1.54, 1.807) is 6.26 Å². The summed E-state index contributed by atoms with van der Waals surface area (Å²) in [6.45, 7) is 6.02. The largest absolute Gasteiger partial charge is 0.469 e. The molecule has 1 aliphatic carbocycles. The Hall–Kier alpha value is -2.08. The van der Waals surface area contributed by atoms with Gasteiger partial charge in [0.15, 0.2) is 5.76 Å². The van der Waals surface area contributed by atoms with E-state index in [-0.39, 0.29) is 17.7 Å². The lowest BCUT2D eigenvalue weighted by molar-refractivity contribution is -0.134. The zero-order chi connectivity index (χ0) is 15.8. The van der Waals surface area contributed by atoms with Crippen molar-refractivity contribution in [2.75, 3.05) is 26.2 Å². The van der Waals surface area contributed by atoms with Crippen LogP contribution in [0, 0.1) is 12.8 Å². The van der Waals surface area contributed by atoms with E-state index < -0.39 is 0 Å². The number of piperazine rings is 1. The number of aryl methyl sites for hydroxylation is 1. The molecule has 122 valence electrons. The zero-order valence-electron chi connectivity index (χ0n) is 13.3. The SMILES string of the molecule is Cc1cc(CN2CCN(C(=O)C3CC3c3ccco3)CC2)on1. The van der Waals surface area contributed by atoms with Crippen LogP contribution >= 0.6 is 0 Å². The van der Waals surface area contributed by atoms with E-state index in [0.717, 1.165) is 56.4 Å². The molecule has 0 bridgehead atoms. The Balaban J connectivity index is 1.27. The number of amides is 1. The maximum atomic E-state index is 12.6. The molecule has 23 heavy (non-hydrogen) atoms. The molecule has 2 aliphatic rings. The van der Waals surface area contributed by atoms with E-state index in [1.165, 1.54) is 0 Å². The highest BCUT2D eigenvalue weighted by Crippen LogP contribution is 2.48. The van der Waals surface area contributed by atoms with Gasteiger partial charge in [-0.3, -0.25) is 9.69 Å². The molecule has 4 rings (SSSR count). The topological polar surface area (TPSA) is 62.7 Å². The van der Waals surface area contributed by atoms with Crippen LogP contribution < -0.4 is 0 Å². The predicted octanol–water partition coefficient (Wildman–Crippen LogP) is 2.02. The molecule has 1 amide bonds. The normalized spacial score (nSPS) is 24.8. The smallest absolute Gasteiger partial charge is 0.226 e. The second-order valence-corrected chi connectivity index (χ2v) is 6.50. The van der Waals surface area contributed by atoms with Crippen molar-refractivity contribution in [2.45, 2.75) is 25.8 Å². The fourth-order valence-corrected chi connectivity index (χ4v) is 3.36. The highest BCUT2D eigenvalue weighted by atomic mass is 16.5. The average molecular weight is 315 g/mol. The van der Waals surface area contributed by atoms with E-state index in [0.29, 0.717) is 0 Å². The van der Waals surface area contributed by atoms with Gasteiger partial charge in [0.2, 0.25) is 5.91 Å². The van der Waals surface area contributed by atoms with Crippen LogP contribution in [0.1, 0.15) is 29.6 Å². The first-order chi connectivity index (χ1) is 11.2. The quantitative estimate of drug-likeness (QED) is 0.864. The first-order valence-corrected chi connectivity index (χ1v) is 8.17. The molecule has 2 aromatic heterocycles. The minimum Gasteiger partial charge on any atom is -0.469 e. The summed E-state index contributed by atoms with van der Waals surface area (Å²) in [7, 11) is 0. The van der Waals surface area contributed by atoms with E-state index in [4.69, 9.17) is 8.94 Å². The third-order valence-corrected chi connectivity index (χ3v) is 4.76. The minimum atomic E-state index is 0.115. The molecule has 0 spiro atoms. The molecular formula is C17H21N3O3. The standard InChI is InChI=1S/C17H21N3O3/c1-12-9-13(23-18-12)11-19-4-6-20(7-5-19)17(21)15-10-14(15)16-3-2-8-22-16/h2-3,8-9,14-15H,4-7,10-11H2,1H3. The Bertz CT molecular complexity index is 671. The third kappa shape index (κ3) is 3.03. The van der Waals surface area contributed by atoms with Gasteiger partial charge in [0.1, 0.15) is 5.76 Å². The monoisotopic (exact) mass is 315 g/mol. The molecule has 1 saturated carbocycles. The maximum Gasteiger partial charge on any atom is 0.226 e. The van der Waals surface area contributed by atoms with Gasteiger partial charge >= 0.3 is 0 Å². The number of nitrogens with zero attached hydrogens (tertiary/aromatic N) is 3. The van der Waals surface area contributed by atoms with Crippen LogP contribution in [0.2, 0.25) is 0 Å². The number of hydrogen-bond donors (Lipinski definition) is 0. The second kappa shape index (κ2) is 5.85. The van der Waals surface area contributed by atoms with Crippen molar-refractivity contribution in [3.63, 3.8) is 0 Å².